The maximum atomic E-state index is 8.74. The van der Waals surface area contributed by atoms with Gasteiger partial charge in [0.15, 0.2) is 6.29 Å². The van der Waals surface area contributed by atoms with Crippen LogP contribution < -0.4 is 0 Å². The topological polar surface area (TPSA) is 57.2 Å². The van der Waals surface area contributed by atoms with E-state index < -0.39 is 0 Å². The lowest BCUT2D eigenvalue weighted by molar-refractivity contribution is -0.247. The minimum Gasteiger partial charge on any atom is -0.394 e. The summed E-state index contributed by atoms with van der Waals surface area (Å²) in [7, 11) is 0. The number of rotatable bonds is 17. The van der Waals surface area contributed by atoms with Crippen molar-refractivity contribution in [3.63, 3.8) is 0 Å². The standard InChI is InChI=1S/C22H44O5/c1-4-5-6-7-8-9-10-11-12-13-21-25-18-20(19-26-21)27-22(2,3)14-16-24-17-15-23/h20-21,23H,4-19H2,1-3H3. The Morgan fingerprint density at radius 2 is 1.48 bits per heavy atom. The minimum atomic E-state index is -0.281. The van der Waals surface area contributed by atoms with Gasteiger partial charge in [-0.1, -0.05) is 58.3 Å². The Balaban J connectivity index is 1.99. The number of unbranched alkanes of at least 4 members (excludes halogenated alkanes) is 8. The molecule has 27 heavy (non-hydrogen) atoms. The average Bonchev–Trinajstić information content (AvgIpc) is 2.65. The quantitative estimate of drug-likeness (QED) is 0.361. The second-order valence-corrected chi connectivity index (χ2v) is 8.30. The summed E-state index contributed by atoms with van der Waals surface area (Å²) < 4.78 is 23.1. The smallest absolute Gasteiger partial charge is 0.157 e. The Hall–Kier alpha value is -0.200. The lowest BCUT2D eigenvalue weighted by atomic mass is 10.1. The van der Waals surface area contributed by atoms with Crippen LogP contribution in [-0.4, -0.2) is 56.1 Å². The maximum Gasteiger partial charge on any atom is 0.157 e. The fraction of sp³-hybridized carbons (Fsp3) is 1.00. The summed E-state index contributed by atoms with van der Waals surface area (Å²) in [6.07, 6.45) is 13.7. The van der Waals surface area contributed by atoms with Crippen molar-refractivity contribution >= 4 is 0 Å². The van der Waals surface area contributed by atoms with Crippen LogP contribution in [0, 0.1) is 0 Å². The predicted molar refractivity (Wildman–Crippen MR) is 109 cm³/mol. The molecule has 0 amide bonds. The molecule has 1 N–H and O–H groups in total. The van der Waals surface area contributed by atoms with E-state index in [1.165, 1.54) is 57.8 Å². The lowest BCUT2D eigenvalue weighted by Crippen LogP contribution is -2.42. The van der Waals surface area contributed by atoms with E-state index in [1.807, 2.05) is 0 Å². The molecule has 1 heterocycles. The Morgan fingerprint density at radius 3 is 2.07 bits per heavy atom. The van der Waals surface area contributed by atoms with Crippen molar-refractivity contribution in [3.05, 3.63) is 0 Å². The molecule has 1 saturated heterocycles. The summed E-state index contributed by atoms with van der Waals surface area (Å²) in [4.78, 5) is 0. The van der Waals surface area contributed by atoms with Gasteiger partial charge in [0.25, 0.3) is 0 Å². The third-order valence-electron chi connectivity index (χ3n) is 5.05. The molecule has 5 nitrogen and oxygen atoms in total. The highest BCUT2D eigenvalue weighted by molar-refractivity contribution is 4.73. The zero-order valence-corrected chi connectivity index (χ0v) is 18.0. The summed E-state index contributed by atoms with van der Waals surface area (Å²) >= 11 is 0. The van der Waals surface area contributed by atoms with E-state index in [-0.39, 0.29) is 24.6 Å². The third-order valence-corrected chi connectivity index (χ3v) is 5.05. The first-order chi connectivity index (χ1) is 13.1. The molecular formula is C22H44O5. The van der Waals surface area contributed by atoms with E-state index in [1.54, 1.807) is 0 Å². The minimum absolute atomic E-state index is 0.0165. The number of aliphatic hydroxyl groups excluding tert-OH is 1. The van der Waals surface area contributed by atoms with E-state index in [0.29, 0.717) is 26.4 Å². The van der Waals surface area contributed by atoms with E-state index in [0.717, 1.165) is 12.8 Å². The maximum absolute atomic E-state index is 8.74. The van der Waals surface area contributed by atoms with Gasteiger partial charge in [0.2, 0.25) is 0 Å². The zero-order valence-electron chi connectivity index (χ0n) is 18.0. The summed E-state index contributed by atoms with van der Waals surface area (Å²) in [5.74, 6) is 0. The van der Waals surface area contributed by atoms with Crippen LogP contribution in [-0.2, 0) is 18.9 Å². The largest absolute Gasteiger partial charge is 0.394 e. The SMILES string of the molecule is CCCCCCCCCCCC1OCC(OC(C)(C)CCOCCO)CO1. The monoisotopic (exact) mass is 388 g/mol. The highest BCUT2D eigenvalue weighted by atomic mass is 16.7. The normalized spacial score (nSPS) is 20.9. The summed E-state index contributed by atoms with van der Waals surface area (Å²) in [5.41, 5.74) is -0.281. The first-order valence-electron chi connectivity index (χ1n) is 11.2. The lowest BCUT2D eigenvalue weighted by Gasteiger charge is -2.35. The van der Waals surface area contributed by atoms with Crippen molar-refractivity contribution in [2.45, 2.75) is 109 Å². The molecular weight excluding hydrogens is 344 g/mol. The van der Waals surface area contributed by atoms with Gasteiger partial charge in [0, 0.05) is 6.61 Å². The van der Waals surface area contributed by atoms with Gasteiger partial charge in [-0.3, -0.25) is 0 Å². The zero-order chi connectivity index (χ0) is 19.8. The van der Waals surface area contributed by atoms with Crippen molar-refractivity contribution in [1.29, 1.82) is 0 Å². The molecule has 162 valence electrons. The second kappa shape index (κ2) is 15.7. The van der Waals surface area contributed by atoms with Crippen molar-refractivity contribution in [3.8, 4) is 0 Å². The Bertz CT molecular complexity index is 327. The van der Waals surface area contributed by atoms with Crippen LogP contribution in [0.3, 0.4) is 0 Å². The molecule has 0 radical (unpaired) electrons. The second-order valence-electron chi connectivity index (χ2n) is 8.30. The highest BCUT2D eigenvalue weighted by Crippen LogP contribution is 2.22. The third kappa shape index (κ3) is 13.6. The van der Waals surface area contributed by atoms with Gasteiger partial charge in [0.1, 0.15) is 6.10 Å². The van der Waals surface area contributed by atoms with Gasteiger partial charge >= 0.3 is 0 Å². The molecule has 0 aliphatic carbocycles. The van der Waals surface area contributed by atoms with Crippen molar-refractivity contribution in [1.82, 2.24) is 0 Å². The molecule has 1 rings (SSSR count). The Labute approximate surface area is 167 Å². The van der Waals surface area contributed by atoms with Gasteiger partial charge in [-0.15, -0.1) is 0 Å². The molecule has 0 aromatic carbocycles. The fourth-order valence-electron chi connectivity index (χ4n) is 3.38. The van der Waals surface area contributed by atoms with Gasteiger partial charge in [-0.2, -0.15) is 0 Å². The van der Waals surface area contributed by atoms with Crippen LogP contribution >= 0.6 is 0 Å². The van der Waals surface area contributed by atoms with Crippen LogP contribution in [0.4, 0.5) is 0 Å². The molecule has 0 aromatic rings. The van der Waals surface area contributed by atoms with Crippen molar-refractivity contribution in [2.24, 2.45) is 0 Å². The van der Waals surface area contributed by atoms with Gasteiger partial charge in [-0.05, 0) is 33.1 Å². The van der Waals surface area contributed by atoms with E-state index in [9.17, 15) is 0 Å². The number of hydrogen-bond acceptors (Lipinski definition) is 5. The molecule has 1 aliphatic rings. The molecule has 0 atom stereocenters. The summed E-state index contributed by atoms with van der Waals surface area (Å²) in [6.45, 7) is 8.61. The molecule has 0 unspecified atom stereocenters. The van der Waals surface area contributed by atoms with Crippen LogP contribution in [0.15, 0.2) is 0 Å². The first kappa shape index (κ1) is 24.8. The highest BCUT2D eigenvalue weighted by Gasteiger charge is 2.28. The molecule has 1 fully saturated rings. The fourth-order valence-corrected chi connectivity index (χ4v) is 3.38. The van der Waals surface area contributed by atoms with E-state index in [2.05, 4.69) is 20.8 Å². The molecule has 0 spiro atoms. The molecule has 0 saturated carbocycles. The number of ether oxygens (including phenoxy) is 4. The van der Waals surface area contributed by atoms with Crippen molar-refractivity contribution < 1.29 is 24.1 Å². The Morgan fingerprint density at radius 1 is 0.889 bits per heavy atom. The van der Waals surface area contributed by atoms with E-state index in [4.69, 9.17) is 24.1 Å². The molecule has 0 aromatic heterocycles. The van der Waals surface area contributed by atoms with Crippen LogP contribution in [0.1, 0.15) is 91.4 Å². The van der Waals surface area contributed by atoms with Crippen LogP contribution in [0.25, 0.3) is 0 Å². The van der Waals surface area contributed by atoms with Gasteiger partial charge < -0.3 is 24.1 Å². The summed E-state index contributed by atoms with van der Waals surface area (Å²) in [6, 6.07) is 0. The molecule has 5 heteroatoms. The average molecular weight is 389 g/mol. The van der Waals surface area contributed by atoms with E-state index >= 15 is 0 Å². The van der Waals surface area contributed by atoms with Gasteiger partial charge in [-0.25, -0.2) is 0 Å². The van der Waals surface area contributed by atoms with Gasteiger partial charge in [0.05, 0.1) is 32.0 Å². The first-order valence-corrected chi connectivity index (χ1v) is 11.2. The summed E-state index contributed by atoms with van der Waals surface area (Å²) in [5, 5.41) is 8.74. The van der Waals surface area contributed by atoms with Crippen molar-refractivity contribution in [2.75, 3.05) is 33.0 Å². The Kier molecular flexibility index (Phi) is 14.4. The molecule has 0 bridgehead atoms. The predicted octanol–water partition coefficient (Wildman–Crippen LogP) is 4.84. The number of hydrogen-bond donors (Lipinski definition) is 1. The number of aliphatic hydroxyl groups is 1. The molecule has 1 aliphatic heterocycles. The van der Waals surface area contributed by atoms with Crippen LogP contribution in [0.2, 0.25) is 0 Å². The van der Waals surface area contributed by atoms with Crippen LogP contribution in [0.5, 0.6) is 0 Å².